The van der Waals surface area contributed by atoms with Crippen LogP contribution in [0.1, 0.15) is 328 Å². The first-order valence-electron chi connectivity index (χ1n) is 31.3. The molecule has 2 atom stereocenters. The summed E-state index contributed by atoms with van der Waals surface area (Å²) in [6.07, 6.45) is 65.0. The number of unbranched alkanes of at least 4 members (excludes halogenated alkanes) is 46. The third kappa shape index (κ3) is 58.4. The lowest BCUT2D eigenvalue weighted by Crippen LogP contribution is -2.37. The molecule has 420 valence electrons. The largest absolute Gasteiger partial charge is 0.472 e. The van der Waals surface area contributed by atoms with E-state index in [1.54, 1.807) is 0 Å². The number of carbonyl (C=O) groups excluding carboxylic acids is 1. The average Bonchev–Trinajstić information content (AvgIpc) is 3.32. The number of phosphoric acid groups is 1. The van der Waals surface area contributed by atoms with Crippen molar-refractivity contribution in [3.05, 3.63) is 0 Å². The molecule has 0 aliphatic carbocycles. The Balaban J connectivity index is 3.76. The maximum atomic E-state index is 12.8. The minimum Gasteiger partial charge on any atom is -0.457 e. The molecule has 0 aromatic rings. The second kappa shape index (κ2) is 54.8. The Hall–Kier alpha value is -0.500. The second-order valence-electron chi connectivity index (χ2n) is 22.8. The van der Waals surface area contributed by atoms with Crippen LogP contribution in [0.5, 0.6) is 0 Å². The topological polar surface area (TPSA) is 91.3 Å². The molecule has 0 saturated carbocycles. The summed E-state index contributed by atoms with van der Waals surface area (Å²) >= 11 is 0. The highest BCUT2D eigenvalue weighted by atomic mass is 31.2. The minimum absolute atomic E-state index is 0.0942. The van der Waals surface area contributed by atoms with Crippen molar-refractivity contribution >= 4 is 13.8 Å². The van der Waals surface area contributed by atoms with Gasteiger partial charge in [0.25, 0.3) is 0 Å². The molecule has 0 aromatic carbocycles. The molecule has 0 aromatic heterocycles. The van der Waals surface area contributed by atoms with Gasteiger partial charge in [0, 0.05) is 13.0 Å². The maximum absolute atomic E-state index is 12.8. The van der Waals surface area contributed by atoms with Crippen LogP contribution in [0, 0.1) is 0 Å². The molecule has 9 heteroatoms. The Bertz CT molecular complexity index is 1090. The zero-order valence-corrected chi connectivity index (χ0v) is 48.9. The Morgan fingerprint density at radius 2 is 0.657 bits per heavy atom. The molecule has 0 bridgehead atoms. The SMILES string of the molecule is CCCCCCCCCCCCCCCCCCCCCCCCCCCCCCCCCCCCCCC(=O)O[C@H](COCCCCCCCCCCCCCC)COP(=O)(O)OCC[N+](C)(C)C. The van der Waals surface area contributed by atoms with E-state index in [0.717, 1.165) is 32.1 Å². The first kappa shape index (κ1) is 69.5. The molecule has 70 heavy (non-hydrogen) atoms. The van der Waals surface area contributed by atoms with Crippen LogP contribution in [0.25, 0.3) is 0 Å². The van der Waals surface area contributed by atoms with Crippen molar-refractivity contribution in [3.63, 3.8) is 0 Å². The number of likely N-dealkylation sites (N-methyl/N-ethyl adjacent to an activating group) is 1. The van der Waals surface area contributed by atoms with E-state index in [4.69, 9.17) is 18.5 Å². The lowest BCUT2D eigenvalue weighted by Gasteiger charge is -2.24. The van der Waals surface area contributed by atoms with Crippen molar-refractivity contribution < 1.29 is 37.3 Å². The summed E-state index contributed by atoms with van der Waals surface area (Å²) in [5, 5.41) is 0. The van der Waals surface area contributed by atoms with Gasteiger partial charge in [-0.1, -0.05) is 309 Å². The Morgan fingerprint density at radius 1 is 0.386 bits per heavy atom. The fourth-order valence-corrected chi connectivity index (χ4v) is 10.4. The van der Waals surface area contributed by atoms with Crippen molar-refractivity contribution in [2.24, 2.45) is 0 Å². The van der Waals surface area contributed by atoms with Gasteiger partial charge in [-0.05, 0) is 12.8 Å². The number of hydrogen-bond donors (Lipinski definition) is 1. The maximum Gasteiger partial charge on any atom is 0.472 e. The number of carbonyl (C=O) groups is 1. The number of hydrogen-bond acceptors (Lipinski definition) is 6. The smallest absolute Gasteiger partial charge is 0.457 e. The first-order chi connectivity index (χ1) is 34.1. The van der Waals surface area contributed by atoms with E-state index in [0.29, 0.717) is 24.1 Å². The molecule has 0 amide bonds. The molecule has 0 radical (unpaired) electrons. The van der Waals surface area contributed by atoms with Crippen LogP contribution in [0.4, 0.5) is 0 Å². The van der Waals surface area contributed by atoms with Crippen LogP contribution in [0.2, 0.25) is 0 Å². The van der Waals surface area contributed by atoms with Crippen LogP contribution in [0.15, 0.2) is 0 Å². The first-order valence-corrected chi connectivity index (χ1v) is 32.8. The van der Waals surface area contributed by atoms with Gasteiger partial charge in [-0.3, -0.25) is 13.8 Å². The van der Waals surface area contributed by atoms with Gasteiger partial charge in [0.05, 0.1) is 34.4 Å². The molecular formula is C61H125NO7P+. The summed E-state index contributed by atoms with van der Waals surface area (Å²) in [4.78, 5) is 23.0. The van der Waals surface area contributed by atoms with Crippen molar-refractivity contribution in [2.75, 3.05) is 54.1 Å². The highest BCUT2D eigenvalue weighted by molar-refractivity contribution is 7.47. The van der Waals surface area contributed by atoms with E-state index in [2.05, 4.69) is 13.8 Å². The average molecular weight is 1020 g/mol. The zero-order valence-electron chi connectivity index (χ0n) is 48.1. The zero-order chi connectivity index (χ0) is 51.2. The van der Waals surface area contributed by atoms with Crippen molar-refractivity contribution in [1.29, 1.82) is 0 Å². The Morgan fingerprint density at radius 3 is 0.943 bits per heavy atom. The standard InChI is InChI=1S/C61H124NO7P/c1-6-8-10-12-14-16-18-20-21-22-23-24-25-26-27-28-29-30-31-32-33-34-35-36-37-38-39-40-41-42-43-44-46-48-50-52-54-61(63)69-60(59-68-70(64,65)67-57-55-62(3,4)5)58-66-56-53-51-49-47-45-19-17-15-13-11-9-7-2/h60H,6-59H2,1-5H3/p+1/t60-/m1/s1. The van der Waals surface area contributed by atoms with E-state index < -0.39 is 13.9 Å². The number of nitrogens with zero attached hydrogens (tertiary/aromatic N) is 1. The predicted molar refractivity (Wildman–Crippen MR) is 303 cm³/mol. The molecule has 0 aliphatic heterocycles. The molecule has 1 unspecified atom stereocenters. The number of phosphoric ester groups is 1. The minimum atomic E-state index is -4.27. The van der Waals surface area contributed by atoms with Gasteiger partial charge in [0.15, 0.2) is 0 Å². The predicted octanol–water partition coefficient (Wildman–Crippen LogP) is 19.9. The fourth-order valence-electron chi connectivity index (χ4n) is 9.62. The van der Waals surface area contributed by atoms with Crippen LogP contribution < -0.4 is 0 Å². The summed E-state index contributed by atoms with van der Waals surface area (Å²) in [5.74, 6) is -0.303. The molecule has 1 N–H and O–H groups in total. The monoisotopic (exact) mass is 1010 g/mol. The summed E-state index contributed by atoms with van der Waals surface area (Å²) < 4.78 is 35.2. The fraction of sp³-hybridized carbons (Fsp3) is 0.984. The molecular weight excluding hydrogens is 890 g/mol. The van der Waals surface area contributed by atoms with Gasteiger partial charge >= 0.3 is 13.8 Å². The third-order valence-corrected chi connectivity index (χ3v) is 15.4. The molecule has 0 fully saturated rings. The lowest BCUT2D eigenvalue weighted by atomic mass is 10.0. The molecule has 0 heterocycles. The molecule has 0 spiro atoms. The lowest BCUT2D eigenvalue weighted by molar-refractivity contribution is -0.870. The van der Waals surface area contributed by atoms with E-state index in [9.17, 15) is 14.3 Å². The van der Waals surface area contributed by atoms with E-state index in [1.807, 2.05) is 21.1 Å². The number of esters is 1. The summed E-state index contributed by atoms with van der Waals surface area (Å²) in [5.41, 5.74) is 0. The Kier molecular flexibility index (Phi) is 54.4. The highest BCUT2D eigenvalue weighted by Gasteiger charge is 2.26. The van der Waals surface area contributed by atoms with Gasteiger partial charge in [0.1, 0.15) is 19.3 Å². The summed E-state index contributed by atoms with van der Waals surface area (Å²) in [7, 11) is 1.69. The summed E-state index contributed by atoms with van der Waals surface area (Å²) in [6, 6.07) is 0. The van der Waals surface area contributed by atoms with E-state index in [-0.39, 0.29) is 25.8 Å². The number of rotatable bonds is 60. The van der Waals surface area contributed by atoms with Gasteiger partial charge in [-0.15, -0.1) is 0 Å². The Labute approximate surface area is 438 Å². The number of quaternary nitrogens is 1. The van der Waals surface area contributed by atoms with Crippen molar-refractivity contribution in [1.82, 2.24) is 0 Å². The quantitative estimate of drug-likeness (QED) is 0.0281. The van der Waals surface area contributed by atoms with Crippen molar-refractivity contribution in [2.45, 2.75) is 335 Å². The van der Waals surface area contributed by atoms with Crippen molar-refractivity contribution in [3.8, 4) is 0 Å². The summed E-state index contributed by atoms with van der Waals surface area (Å²) in [6.45, 7) is 5.71. The van der Waals surface area contributed by atoms with E-state index in [1.165, 1.54) is 276 Å². The molecule has 0 saturated heterocycles. The molecule has 0 rings (SSSR count). The van der Waals surface area contributed by atoms with Crippen LogP contribution in [0.3, 0.4) is 0 Å². The van der Waals surface area contributed by atoms with Crippen LogP contribution in [-0.4, -0.2) is 75.6 Å². The molecule has 0 aliphatic rings. The van der Waals surface area contributed by atoms with Gasteiger partial charge in [-0.25, -0.2) is 4.57 Å². The van der Waals surface area contributed by atoms with Gasteiger partial charge in [0.2, 0.25) is 0 Å². The third-order valence-electron chi connectivity index (χ3n) is 14.4. The second-order valence-corrected chi connectivity index (χ2v) is 24.3. The molecule has 8 nitrogen and oxygen atoms in total. The highest BCUT2D eigenvalue weighted by Crippen LogP contribution is 2.43. The van der Waals surface area contributed by atoms with Gasteiger partial charge < -0.3 is 18.9 Å². The van der Waals surface area contributed by atoms with Gasteiger partial charge in [-0.2, -0.15) is 0 Å². The number of ether oxygens (including phenoxy) is 2. The van der Waals surface area contributed by atoms with Crippen LogP contribution in [-0.2, 0) is 27.9 Å². The van der Waals surface area contributed by atoms with Crippen LogP contribution >= 0.6 is 7.82 Å². The van der Waals surface area contributed by atoms with E-state index >= 15 is 0 Å². The normalized spacial score (nSPS) is 13.3.